The first-order valence-corrected chi connectivity index (χ1v) is 8.54. The van der Waals surface area contributed by atoms with E-state index < -0.39 is 0 Å². The van der Waals surface area contributed by atoms with Crippen LogP contribution in [0.2, 0.25) is 5.02 Å². The number of fused-ring (bicyclic) bond motifs is 1. The van der Waals surface area contributed by atoms with Gasteiger partial charge in [0.15, 0.2) is 0 Å². The molecule has 0 radical (unpaired) electrons. The molecule has 0 amide bonds. The number of carbonyl (C=O) groups excluding carboxylic acids is 1. The number of halogens is 1. The Kier molecular flexibility index (Phi) is 6.46. The maximum absolute atomic E-state index is 9.60. The van der Waals surface area contributed by atoms with Crippen molar-refractivity contribution >= 4 is 34.5 Å². The van der Waals surface area contributed by atoms with Gasteiger partial charge < -0.3 is 15.0 Å². The SMILES string of the molecule is CC(C)(C)OC=O.Clc1cccc2cccc(N3CCNCC3)c12. The van der Waals surface area contributed by atoms with E-state index in [9.17, 15) is 4.79 Å². The standard InChI is InChI=1S/C14H15ClN2.C5H10O2/c15-12-5-1-3-11-4-2-6-13(14(11)12)17-9-7-16-8-10-17;1-5(2,3)7-4-6/h1-6,16H,7-10H2;4H,1-3H3. The zero-order chi connectivity index (χ0) is 17.6. The van der Waals surface area contributed by atoms with E-state index in [-0.39, 0.29) is 5.60 Å². The molecule has 0 aliphatic carbocycles. The van der Waals surface area contributed by atoms with Crippen molar-refractivity contribution in [2.75, 3.05) is 31.1 Å². The van der Waals surface area contributed by atoms with Gasteiger partial charge in [0.1, 0.15) is 5.60 Å². The highest BCUT2D eigenvalue weighted by molar-refractivity contribution is 6.36. The summed E-state index contributed by atoms with van der Waals surface area (Å²) in [6.45, 7) is 10.1. The Balaban J connectivity index is 0.000000256. The minimum Gasteiger partial charge on any atom is -0.462 e. The Hall–Kier alpha value is -1.78. The number of rotatable bonds is 2. The van der Waals surface area contributed by atoms with Crippen LogP contribution in [0.4, 0.5) is 5.69 Å². The molecule has 2 aromatic rings. The smallest absolute Gasteiger partial charge is 0.293 e. The van der Waals surface area contributed by atoms with Gasteiger partial charge in [0.05, 0.1) is 5.02 Å². The van der Waals surface area contributed by atoms with Crippen LogP contribution < -0.4 is 10.2 Å². The molecule has 1 saturated heterocycles. The van der Waals surface area contributed by atoms with Crippen molar-refractivity contribution in [2.24, 2.45) is 0 Å². The molecule has 1 fully saturated rings. The fourth-order valence-corrected chi connectivity index (χ4v) is 2.87. The maximum Gasteiger partial charge on any atom is 0.293 e. The summed E-state index contributed by atoms with van der Waals surface area (Å²) >= 11 is 6.34. The molecule has 0 aromatic heterocycles. The van der Waals surface area contributed by atoms with Crippen LogP contribution >= 0.6 is 11.6 Å². The van der Waals surface area contributed by atoms with E-state index in [1.807, 2.05) is 32.9 Å². The molecule has 1 aliphatic rings. The van der Waals surface area contributed by atoms with Gasteiger partial charge >= 0.3 is 0 Å². The molecule has 0 saturated carbocycles. The first kappa shape index (κ1) is 18.6. The Morgan fingerprint density at radius 1 is 1.12 bits per heavy atom. The normalized spacial score (nSPS) is 14.8. The number of nitrogens with one attached hydrogen (secondary N) is 1. The van der Waals surface area contributed by atoms with Crippen LogP contribution in [-0.2, 0) is 9.53 Å². The molecule has 0 spiro atoms. The second-order valence-electron chi connectivity index (χ2n) is 6.68. The molecule has 5 heteroatoms. The summed E-state index contributed by atoms with van der Waals surface area (Å²) in [7, 11) is 0. The fourth-order valence-electron chi connectivity index (χ4n) is 2.59. The second kappa shape index (κ2) is 8.36. The summed E-state index contributed by atoms with van der Waals surface area (Å²) in [5.74, 6) is 0. The monoisotopic (exact) mass is 348 g/mol. The van der Waals surface area contributed by atoms with Crippen molar-refractivity contribution < 1.29 is 9.53 Å². The van der Waals surface area contributed by atoms with E-state index in [2.05, 4.69) is 39.2 Å². The fraction of sp³-hybridized carbons (Fsp3) is 0.421. The molecule has 1 heterocycles. The molecule has 0 bridgehead atoms. The van der Waals surface area contributed by atoms with Crippen LogP contribution in [0.1, 0.15) is 20.8 Å². The predicted octanol–water partition coefficient (Wildman–Crippen LogP) is 3.86. The Labute approximate surface area is 148 Å². The van der Waals surface area contributed by atoms with Crippen LogP contribution in [0.25, 0.3) is 10.8 Å². The predicted molar refractivity (Wildman–Crippen MR) is 101 cm³/mol. The highest BCUT2D eigenvalue weighted by atomic mass is 35.5. The number of piperazine rings is 1. The Morgan fingerprint density at radius 2 is 1.75 bits per heavy atom. The van der Waals surface area contributed by atoms with Gasteiger partial charge in [0.2, 0.25) is 0 Å². The van der Waals surface area contributed by atoms with Crippen molar-refractivity contribution in [2.45, 2.75) is 26.4 Å². The number of ether oxygens (including phenoxy) is 1. The Bertz CT molecular complexity index is 671. The van der Waals surface area contributed by atoms with Crippen molar-refractivity contribution in [3.05, 3.63) is 41.4 Å². The average Bonchev–Trinajstić information content (AvgIpc) is 2.55. The average molecular weight is 349 g/mol. The quantitative estimate of drug-likeness (QED) is 0.837. The lowest BCUT2D eigenvalue weighted by Gasteiger charge is -2.30. The van der Waals surface area contributed by atoms with Crippen LogP contribution in [-0.4, -0.2) is 38.3 Å². The lowest BCUT2D eigenvalue weighted by Crippen LogP contribution is -2.43. The van der Waals surface area contributed by atoms with E-state index in [0.29, 0.717) is 6.47 Å². The van der Waals surface area contributed by atoms with Gasteiger partial charge in [0.25, 0.3) is 6.47 Å². The molecule has 0 atom stereocenters. The van der Waals surface area contributed by atoms with Crippen molar-refractivity contribution in [3.63, 3.8) is 0 Å². The summed E-state index contributed by atoms with van der Waals surface area (Å²) in [5, 5.41) is 6.61. The number of nitrogens with zero attached hydrogens (tertiary/aromatic N) is 1. The largest absolute Gasteiger partial charge is 0.462 e. The minimum atomic E-state index is -0.318. The van der Waals surface area contributed by atoms with Crippen molar-refractivity contribution in [1.82, 2.24) is 5.32 Å². The van der Waals surface area contributed by atoms with Gasteiger partial charge in [-0.2, -0.15) is 0 Å². The molecule has 0 unspecified atom stereocenters. The molecule has 2 aromatic carbocycles. The summed E-state index contributed by atoms with van der Waals surface area (Å²) in [4.78, 5) is 12.0. The van der Waals surface area contributed by atoms with Crippen LogP contribution in [0.5, 0.6) is 0 Å². The van der Waals surface area contributed by atoms with Crippen LogP contribution in [0, 0.1) is 0 Å². The first-order chi connectivity index (χ1) is 11.4. The van der Waals surface area contributed by atoms with E-state index in [1.54, 1.807) is 0 Å². The summed E-state index contributed by atoms with van der Waals surface area (Å²) in [5.41, 5.74) is 0.941. The van der Waals surface area contributed by atoms with Gasteiger partial charge in [-0.3, -0.25) is 4.79 Å². The number of hydrogen-bond acceptors (Lipinski definition) is 4. The molecule has 3 rings (SSSR count). The van der Waals surface area contributed by atoms with Crippen molar-refractivity contribution in [1.29, 1.82) is 0 Å². The van der Waals surface area contributed by atoms with E-state index in [1.165, 1.54) is 16.5 Å². The zero-order valence-electron chi connectivity index (χ0n) is 14.5. The zero-order valence-corrected chi connectivity index (χ0v) is 15.3. The van der Waals surface area contributed by atoms with Crippen LogP contribution in [0.3, 0.4) is 0 Å². The molecule has 130 valence electrons. The second-order valence-corrected chi connectivity index (χ2v) is 7.09. The van der Waals surface area contributed by atoms with Crippen LogP contribution in [0.15, 0.2) is 36.4 Å². The third-order valence-corrected chi connectivity index (χ3v) is 4.01. The lowest BCUT2D eigenvalue weighted by molar-refractivity contribution is -0.138. The molecular weight excluding hydrogens is 324 g/mol. The third-order valence-electron chi connectivity index (χ3n) is 3.69. The summed E-state index contributed by atoms with van der Waals surface area (Å²) in [6, 6.07) is 12.5. The van der Waals surface area contributed by atoms with Gasteiger partial charge in [0, 0.05) is 37.3 Å². The molecule has 1 N–H and O–H groups in total. The highest BCUT2D eigenvalue weighted by Gasteiger charge is 2.14. The highest BCUT2D eigenvalue weighted by Crippen LogP contribution is 2.32. The lowest BCUT2D eigenvalue weighted by atomic mass is 10.1. The third kappa shape index (κ3) is 5.11. The minimum absolute atomic E-state index is 0.318. The molecule has 4 nitrogen and oxygen atoms in total. The van der Waals surface area contributed by atoms with E-state index >= 15 is 0 Å². The number of benzene rings is 2. The van der Waals surface area contributed by atoms with Crippen molar-refractivity contribution in [3.8, 4) is 0 Å². The number of carbonyl (C=O) groups is 1. The Morgan fingerprint density at radius 3 is 2.29 bits per heavy atom. The maximum atomic E-state index is 9.60. The van der Waals surface area contributed by atoms with E-state index in [0.717, 1.165) is 31.2 Å². The number of hydrogen-bond donors (Lipinski definition) is 1. The van der Waals surface area contributed by atoms with Gasteiger partial charge in [-0.15, -0.1) is 0 Å². The summed E-state index contributed by atoms with van der Waals surface area (Å²) < 4.78 is 4.55. The van der Waals surface area contributed by atoms with Gasteiger partial charge in [-0.25, -0.2) is 0 Å². The molecule has 24 heavy (non-hydrogen) atoms. The molecule has 1 aliphatic heterocycles. The topological polar surface area (TPSA) is 41.6 Å². The first-order valence-electron chi connectivity index (χ1n) is 8.17. The van der Waals surface area contributed by atoms with Gasteiger partial charge in [-0.1, -0.05) is 35.9 Å². The molecular formula is C19H25ClN2O2. The van der Waals surface area contributed by atoms with E-state index in [4.69, 9.17) is 11.6 Å². The van der Waals surface area contributed by atoms with Gasteiger partial charge in [-0.05, 0) is 38.3 Å². The number of anilines is 1. The summed E-state index contributed by atoms with van der Waals surface area (Å²) in [6.07, 6.45) is 0.